The second-order valence-corrected chi connectivity index (χ2v) is 6.24. The predicted octanol–water partition coefficient (Wildman–Crippen LogP) is 1.87. The maximum absolute atomic E-state index is 12.9. The topological polar surface area (TPSA) is 96.7 Å². The van der Waals surface area contributed by atoms with E-state index >= 15 is 0 Å². The average Bonchev–Trinajstić information content (AvgIpc) is 2.68. The molecule has 1 aliphatic rings. The molecule has 1 aromatic carbocycles. The number of rotatable bonds is 4. The molecule has 2 heterocycles. The maximum Gasteiger partial charge on any atom is 0.294 e. The highest BCUT2D eigenvalue weighted by Gasteiger charge is 2.39. The van der Waals surface area contributed by atoms with Crippen molar-refractivity contribution in [1.29, 1.82) is 0 Å². The zero-order valence-corrected chi connectivity index (χ0v) is 14.9. The van der Waals surface area contributed by atoms with Crippen LogP contribution in [-0.2, 0) is 16.0 Å². The molecule has 0 radical (unpaired) electrons. The van der Waals surface area contributed by atoms with E-state index in [1.807, 2.05) is 30.3 Å². The van der Waals surface area contributed by atoms with Crippen LogP contribution in [0, 0.1) is 10.1 Å². The standard InChI is InChI=1S/C19H18N4O4/c1-21-15(10-13-6-4-3-5-7-13)18(24)22(2)16(19(21)25)11-14-8-9-20-12-17(14)23(26)27/h3-9,11-12,15H,10H2,1-2H3/b16-11-. The van der Waals surface area contributed by atoms with Gasteiger partial charge in [0.05, 0.1) is 10.5 Å². The summed E-state index contributed by atoms with van der Waals surface area (Å²) < 4.78 is 0. The van der Waals surface area contributed by atoms with E-state index in [-0.39, 0.29) is 28.8 Å². The number of nitro groups is 1. The van der Waals surface area contributed by atoms with Crippen LogP contribution in [0.15, 0.2) is 54.5 Å². The Morgan fingerprint density at radius 1 is 1.19 bits per heavy atom. The number of pyridine rings is 1. The number of hydrogen-bond donors (Lipinski definition) is 0. The summed E-state index contributed by atoms with van der Waals surface area (Å²) in [6, 6.07) is 10.2. The monoisotopic (exact) mass is 366 g/mol. The van der Waals surface area contributed by atoms with Crippen molar-refractivity contribution in [2.45, 2.75) is 12.5 Å². The molecule has 1 unspecified atom stereocenters. The first-order chi connectivity index (χ1) is 12.9. The Morgan fingerprint density at radius 3 is 2.56 bits per heavy atom. The van der Waals surface area contributed by atoms with Crippen LogP contribution in [0.1, 0.15) is 11.1 Å². The Balaban J connectivity index is 1.94. The molecule has 1 saturated heterocycles. The lowest BCUT2D eigenvalue weighted by atomic mass is 10.00. The number of carbonyl (C=O) groups is 2. The molecular weight excluding hydrogens is 348 g/mol. The van der Waals surface area contributed by atoms with Gasteiger partial charge in [-0.3, -0.25) is 24.7 Å². The number of nitrogens with zero attached hydrogens (tertiary/aromatic N) is 4. The van der Waals surface area contributed by atoms with E-state index in [2.05, 4.69) is 4.98 Å². The van der Waals surface area contributed by atoms with Crippen LogP contribution in [0.2, 0.25) is 0 Å². The fourth-order valence-corrected chi connectivity index (χ4v) is 3.01. The van der Waals surface area contributed by atoms with Crippen LogP contribution in [0.4, 0.5) is 5.69 Å². The van der Waals surface area contributed by atoms with E-state index in [1.54, 1.807) is 7.05 Å². The van der Waals surface area contributed by atoms with E-state index in [1.165, 1.54) is 35.2 Å². The molecule has 0 N–H and O–H groups in total. The third-order valence-electron chi connectivity index (χ3n) is 4.58. The molecule has 3 rings (SSSR count). The van der Waals surface area contributed by atoms with Crippen LogP contribution in [0.3, 0.4) is 0 Å². The van der Waals surface area contributed by atoms with Gasteiger partial charge in [-0.05, 0) is 17.7 Å². The van der Waals surface area contributed by atoms with Gasteiger partial charge in [-0.1, -0.05) is 30.3 Å². The molecule has 8 heteroatoms. The van der Waals surface area contributed by atoms with Gasteiger partial charge in [-0.25, -0.2) is 0 Å². The SMILES string of the molecule is CN1C(=O)C(Cc2ccccc2)N(C)C(=O)/C1=C/c1ccncc1[N+](=O)[O-]. The minimum atomic E-state index is -0.630. The van der Waals surface area contributed by atoms with Crippen molar-refractivity contribution in [3.8, 4) is 0 Å². The summed E-state index contributed by atoms with van der Waals surface area (Å²) in [6.07, 6.45) is 4.27. The number of piperazine rings is 1. The van der Waals surface area contributed by atoms with Crippen LogP contribution < -0.4 is 0 Å². The van der Waals surface area contributed by atoms with Crippen molar-refractivity contribution in [3.63, 3.8) is 0 Å². The van der Waals surface area contributed by atoms with E-state index in [0.717, 1.165) is 11.8 Å². The molecule has 0 aliphatic carbocycles. The van der Waals surface area contributed by atoms with Gasteiger partial charge in [-0.2, -0.15) is 0 Å². The summed E-state index contributed by atoms with van der Waals surface area (Å²) in [7, 11) is 3.07. The van der Waals surface area contributed by atoms with E-state index in [0.29, 0.717) is 6.42 Å². The molecule has 0 bridgehead atoms. The summed E-state index contributed by atoms with van der Waals surface area (Å²) in [5.41, 5.74) is 1.02. The van der Waals surface area contributed by atoms with Gasteiger partial charge in [0.15, 0.2) is 0 Å². The number of amides is 2. The third kappa shape index (κ3) is 3.55. The Morgan fingerprint density at radius 2 is 1.89 bits per heavy atom. The number of aromatic nitrogens is 1. The lowest BCUT2D eigenvalue weighted by molar-refractivity contribution is -0.385. The fraction of sp³-hybridized carbons (Fsp3) is 0.211. The Bertz CT molecular complexity index is 926. The molecule has 2 amide bonds. The van der Waals surface area contributed by atoms with Crippen molar-refractivity contribution >= 4 is 23.6 Å². The highest BCUT2D eigenvalue weighted by molar-refractivity contribution is 6.07. The largest absolute Gasteiger partial charge is 0.328 e. The van der Waals surface area contributed by atoms with Crippen LogP contribution in [-0.4, -0.2) is 51.7 Å². The van der Waals surface area contributed by atoms with Gasteiger partial charge >= 0.3 is 0 Å². The zero-order chi connectivity index (χ0) is 19.6. The Labute approximate surface area is 155 Å². The van der Waals surface area contributed by atoms with Crippen molar-refractivity contribution in [3.05, 3.63) is 75.7 Å². The van der Waals surface area contributed by atoms with E-state index < -0.39 is 11.0 Å². The van der Waals surface area contributed by atoms with Gasteiger partial charge in [0.25, 0.3) is 11.6 Å². The first kappa shape index (κ1) is 18.2. The summed E-state index contributed by atoms with van der Waals surface area (Å²) in [5, 5.41) is 11.2. The molecule has 1 atom stereocenters. The predicted molar refractivity (Wildman–Crippen MR) is 98.3 cm³/mol. The lowest BCUT2D eigenvalue weighted by Crippen LogP contribution is -2.56. The van der Waals surface area contributed by atoms with Crippen molar-refractivity contribution < 1.29 is 14.5 Å². The Hall–Kier alpha value is -3.55. The van der Waals surface area contributed by atoms with Crippen LogP contribution in [0.25, 0.3) is 6.08 Å². The quantitative estimate of drug-likeness (QED) is 0.467. The highest BCUT2D eigenvalue weighted by Crippen LogP contribution is 2.26. The lowest BCUT2D eigenvalue weighted by Gasteiger charge is -2.38. The molecule has 1 aromatic heterocycles. The minimum Gasteiger partial charge on any atom is -0.328 e. The molecule has 8 nitrogen and oxygen atoms in total. The Kier molecular flexibility index (Phi) is 4.98. The highest BCUT2D eigenvalue weighted by atomic mass is 16.6. The summed E-state index contributed by atoms with van der Waals surface area (Å²) in [6.45, 7) is 0. The van der Waals surface area contributed by atoms with Gasteiger partial charge in [-0.15, -0.1) is 0 Å². The molecule has 1 fully saturated rings. The van der Waals surface area contributed by atoms with Gasteiger partial charge in [0, 0.05) is 26.7 Å². The first-order valence-corrected chi connectivity index (χ1v) is 8.29. The summed E-state index contributed by atoms with van der Waals surface area (Å²) in [4.78, 5) is 42.7. The fourth-order valence-electron chi connectivity index (χ4n) is 3.01. The zero-order valence-electron chi connectivity index (χ0n) is 14.9. The molecule has 0 spiro atoms. The van der Waals surface area contributed by atoms with Crippen molar-refractivity contribution in [2.75, 3.05) is 14.1 Å². The van der Waals surface area contributed by atoms with Gasteiger partial charge < -0.3 is 9.80 Å². The molecule has 138 valence electrons. The second kappa shape index (κ2) is 7.36. The van der Waals surface area contributed by atoms with Gasteiger partial charge in [0.2, 0.25) is 5.91 Å². The molecule has 27 heavy (non-hydrogen) atoms. The number of hydrogen-bond acceptors (Lipinski definition) is 5. The van der Waals surface area contributed by atoms with Crippen LogP contribution >= 0.6 is 0 Å². The number of likely N-dealkylation sites (N-methyl/N-ethyl adjacent to an activating group) is 2. The summed E-state index contributed by atoms with van der Waals surface area (Å²) in [5.74, 6) is -0.618. The minimum absolute atomic E-state index is 0.0844. The van der Waals surface area contributed by atoms with Crippen LogP contribution in [0.5, 0.6) is 0 Å². The normalized spacial score (nSPS) is 18.9. The first-order valence-electron chi connectivity index (χ1n) is 8.29. The molecule has 0 saturated carbocycles. The smallest absolute Gasteiger partial charge is 0.294 e. The number of benzene rings is 1. The average molecular weight is 366 g/mol. The molecule has 1 aliphatic heterocycles. The van der Waals surface area contributed by atoms with Crippen molar-refractivity contribution in [1.82, 2.24) is 14.8 Å². The second-order valence-electron chi connectivity index (χ2n) is 6.24. The number of carbonyl (C=O) groups excluding carboxylic acids is 2. The molecule has 2 aromatic rings. The molecular formula is C19H18N4O4. The van der Waals surface area contributed by atoms with Gasteiger partial charge in [0.1, 0.15) is 17.9 Å². The third-order valence-corrected chi connectivity index (χ3v) is 4.58. The van der Waals surface area contributed by atoms with E-state index in [9.17, 15) is 19.7 Å². The van der Waals surface area contributed by atoms with Crippen molar-refractivity contribution in [2.24, 2.45) is 0 Å². The maximum atomic E-state index is 12.9. The summed E-state index contributed by atoms with van der Waals surface area (Å²) >= 11 is 0. The van der Waals surface area contributed by atoms with E-state index in [4.69, 9.17) is 0 Å².